The first-order chi connectivity index (χ1) is 6.47. The average molecular weight is 203 g/mol. The van der Waals surface area contributed by atoms with Crippen molar-refractivity contribution < 1.29 is 19.5 Å². The van der Waals surface area contributed by atoms with Crippen LogP contribution in [0.25, 0.3) is 0 Å². The van der Waals surface area contributed by atoms with Gasteiger partial charge < -0.3 is 21.1 Å². The number of aliphatic carboxylic acids is 1. The molecular formula is C7H13N3O4. The third kappa shape index (κ3) is 5.09. The number of carbonyl (C=O) groups excluding carboxylic acids is 2. The Morgan fingerprint density at radius 3 is 2.43 bits per heavy atom. The van der Waals surface area contributed by atoms with Crippen LogP contribution in [0.15, 0.2) is 0 Å². The fourth-order valence-corrected chi connectivity index (χ4v) is 0.690. The second kappa shape index (κ2) is 5.92. The summed E-state index contributed by atoms with van der Waals surface area (Å²) < 4.78 is 0. The number of carboxylic acids is 1. The van der Waals surface area contributed by atoms with Crippen LogP contribution in [0.3, 0.4) is 0 Å². The minimum Gasteiger partial charge on any atom is -0.480 e. The summed E-state index contributed by atoms with van der Waals surface area (Å²) in [6, 6.07) is 0. The predicted octanol–water partition coefficient (Wildman–Crippen LogP) is -2.40. The van der Waals surface area contributed by atoms with Gasteiger partial charge in [-0.25, -0.2) is 0 Å². The maximum atomic E-state index is 11.0. The van der Waals surface area contributed by atoms with Crippen molar-refractivity contribution in [2.75, 3.05) is 26.7 Å². The van der Waals surface area contributed by atoms with Crippen LogP contribution < -0.4 is 11.1 Å². The molecule has 2 amide bonds. The molecule has 0 aromatic carbocycles. The average Bonchev–Trinajstić information content (AvgIpc) is 2.13. The standard InChI is InChI=1S/C7H13N3O4/c1-10(6(12)2-8)4-5(11)9-3-7(13)14/h2-4,8H2,1H3,(H,9,11)(H,13,14). The molecule has 0 radical (unpaired) electrons. The van der Waals surface area contributed by atoms with Gasteiger partial charge in [-0.15, -0.1) is 0 Å². The Morgan fingerprint density at radius 2 is 2.00 bits per heavy atom. The van der Waals surface area contributed by atoms with E-state index in [1.807, 2.05) is 0 Å². The topological polar surface area (TPSA) is 113 Å². The summed E-state index contributed by atoms with van der Waals surface area (Å²) >= 11 is 0. The molecule has 0 aliphatic heterocycles. The van der Waals surface area contributed by atoms with Crippen molar-refractivity contribution in [3.05, 3.63) is 0 Å². The van der Waals surface area contributed by atoms with Crippen molar-refractivity contribution in [3.8, 4) is 0 Å². The van der Waals surface area contributed by atoms with Gasteiger partial charge in [-0.3, -0.25) is 14.4 Å². The number of likely N-dealkylation sites (N-methyl/N-ethyl adjacent to an activating group) is 1. The summed E-state index contributed by atoms with van der Waals surface area (Å²) in [6.07, 6.45) is 0. The SMILES string of the molecule is CN(CC(=O)NCC(=O)O)C(=O)CN. The van der Waals surface area contributed by atoms with E-state index in [-0.39, 0.29) is 19.0 Å². The highest BCUT2D eigenvalue weighted by molar-refractivity contribution is 5.87. The molecule has 80 valence electrons. The van der Waals surface area contributed by atoms with Gasteiger partial charge in [0.05, 0.1) is 13.1 Å². The molecule has 0 aromatic rings. The number of nitrogens with one attached hydrogen (secondary N) is 1. The normalized spacial score (nSPS) is 9.29. The van der Waals surface area contributed by atoms with Crippen molar-refractivity contribution in [2.24, 2.45) is 5.73 Å². The molecule has 0 unspecified atom stereocenters. The molecule has 0 rings (SSSR count). The zero-order valence-corrected chi connectivity index (χ0v) is 7.82. The molecule has 0 bridgehead atoms. The molecule has 0 spiro atoms. The van der Waals surface area contributed by atoms with Gasteiger partial charge >= 0.3 is 5.97 Å². The van der Waals surface area contributed by atoms with E-state index in [0.29, 0.717) is 0 Å². The third-order valence-electron chi connectivity index (χ3n) is 1.42. The largest absolute Gasteiger partial charge is 0.480 e. The van der Waals surface area contributed by atoms with E-state index < -0.39 is 18.4 Å². The smallest absolute Gasteiger partial charge is 0.322 e. The van der Waals surface area contributed by atoms with Crippen LogP contribution in [0.4, 0.5) is 0 Å². The van der Waals surface area contributed by atoms with Crippen LogP contribution in [0, 0.1) is 0 Å². The highest BCUT2D eigenvalue weighted by Gasteiger charge is 2.11. The molecule has 0 atom stereocenters. The Hall–Kier alpha value is -1.63. The van der Waals surface area contributed by atoms with Crippen LogP contribution in [0.5, 0.6) is 0 Å². The van der Waals surface area contributed by atoms with E-state index in [1.54, 1.807) is 0 Å². The first kappa shape index (κ1) is 12.4. The summed E-state index contributed by atoms with van der Waals surface area (Å²) in [4.78, 5) is 33.0. The van der Waals surface area contributed by atoms with Gasteiger partial charge in [0.2, 0.25) is 11.8 Å². The van der Waals surface area contributed by atoms with Crippen LogP contribution in [0.1, 0.15) is 0 Å². The molecule has 0 aromatic heterocycles. The number of carboxylic acid groups (broad SMARTS) is 1. The minimum absolute atomic E-state index is 0.178. The Balaban J connectivity index is 3.82. The fraction of sp³-hybridized carbons (Fsp3) is 0.571. The quantitative estimate of drug-likeness (QED) is 0.461. The molecule has 7 heteroatoms. The Kier molecular flexibility index (Phi) is 5.23. The molecule has 0 fully saturated rings. The summed E-state index contributed by atoms with van der Waals surface area (Å²) in [5.41, 5.74) is 5.05. The van der Waals surface area contributed by atoms with Gasteiger partial charge in [0, 0.05) is 7.05 Å². The third-order valence-corrected chi connectivity index (χ3v) is 1.42. The summed E-state index contributed by atoms with van der Waals surface area (Å²) in [5.74, 6) is -2.04. The van der Waals surface area contributed by atoms with E-state index in [4.69, 9.17) is 10.8 Å². The van der Waals surface area contributed by atoms with Crippen molar-refractivity contribution in [2.45, 2.75) is 0 Å². The molecule has 14 heavy (non-hydrogen) atoms. The molecule has 0 saturated carbocycles. The lowest BCUT2D eigenvalue weighted by Crippen LogP contribution is -2.42. The minimum atomic E-state index is -1.13. The monoisotopic (exact) mass is 203 g/mol. The van der Waals surface area contributed by atoms with E-state index in [9.17, 15) is 14.4 Å². The molecule has 4 N–H and O–H groups in total. The molecular weight excluding hydrogens is 190 g/mol. The summed E-state index contributed by atoms with van der Waals surface area (Å²) in [6.45, 7) is -0.824. The molecule has 7 nitrogen and oxygen atoms in total. The van der Waals surface area contributed by atoms with E-state index >= 15 is 0 Å². The number of hydrogen-bond acceptors (Lipinski definition) is 4. The predicted molar refractivity (Wildman–Crippen MR) is 47.3 cm³/mol. The lowest BCUT2D eigenvalue weighted by Gasteiger charge is -2.14. The van der Waals surface area contributed by atoms with Gasteiger partial charge in [-0.1, -0.05) is 0 Å². The fourth-order valence-electron chi connectivity index (χ4n) is 0.690. The van der Waals surface area contributed by atoms with Gasteiger partial charge in [-0.2, -0.15) is 0 Å². The van der Waals surface area contributed by atoms with Crippen molar-refractivity contribution in [3.63, 3.8) is 0 Å². The van der Waals surface area contributed by atoms with Crippen LogP contribution in [0.2, 0.25) is 0 Å². The Morgan fingerprint density at radius 1 is 1.43 bits per heavy atom. The summed E-state index contributed by atoms with van der Waals surface area (Å²) in [7, 11) is 1.41. The van der Waals surface area contributed by atoms with E-state index in [2.05, 4.69) is 5.32 Å². The van der Waals surface area contributed by atoms with Crippen LogP contribution in [-0.2, 0) is 14.4 Å². The lowest BCUT2D eigenvalue weighted by molar-refractivity contribution is -0.138. The number of rotatable bonds is 5. The zero-order valence-electron chi connectivity index (χ0n) is 7.82. The number of nitrogens with two attached hydrogens (primary N) is 1. The zero-order chi connectivity index (χ0) is 11.1. The first-order valence-electron chi connectivity index (χ1n) is 3.90. The second-order valence-corrected chi connectivity index (χ2v) is 2.62. The van der Waals surface area contributed by atoms with Crippen LogP contribution in [-0.4, -0.2) is 54.5 Å². The molecule has 0 heterocycles. The maximum absolute atomic E-state index is 11.0. The Labute approximate surface area is 80.9 Å². The number of amides is 2. The summed E-state index contributed by atoms with van der Waals surface area (Å²) in [5, 5.41) is 10.4. The molecule has 0 aliphatic carbocycles. The first-order valence-corrected chi connectivity index (χ1v) is 3.90. The van der Waals surface area contributed by atoms with Gasteiger partial charge in [0.25, 0.3) is 0 Å². The van der Waals surface area contributed by atoms with Gasteiger partial charge in [0.15, 0.2) is 0 Å². The van der Waals surface area contributed by atoms with Crippen LogP contribution >= 0.6 is 0 Å². The van der Waals surface area contributed by atoms with Crippen molar-refractivity contribution in [1.82, 2.24) is 10.2 Å². The van der Waals surface area contributed by atoms with Crippen molar-refractivity contribution >= 4 is 17.8 Å². The highest BCUT2D eigenvalue weighted by Crippen LogP contribution is 1.82. The number of carbonyl (C=O) groups is 3. The van der Waals surface area contributed by atoms with E-state index in [1.165, 1.54) is 7.05 Å². The van der Waals surface area contributed by atoms with Crippen molar-refractivity contribution in [1.29, 1.82) is 0 Å². The number of nitrogens with zero attached hydrogens (tertiary/aromatic N) is 1. The number of hydrogen-bond donors (Lipinski definition) is 3. The van der Waals surface area contributed by atoms with Gasteiger partial charge in [-0.05, 0) is 0 Å². The molecule has 0 saturated heterocycles. The van der Waals surface area contributed by atoms with Gasteiger partial charge in [0.1, 0.15) is 6.54 Å². The Bertz CT molecular complexity index is 241. The van der Waals surface area contributed by atoms with E-state index in [0.717, 1.165) is 4.90 Å². The highest BCUT2D eigenvalue weighted by atomic mass is 16.4. The molecule has 0 aliphatic rings. The lowest BCUT2D eigenvalue weighted by atomic mass is 10.4. The second-order valence-electron chi connectivity index (χ2n) is 2.62. The maximum Gasteiger partial charge on any atom is 0.322 e.